The number of amides is 2. The predicted molar refractivity (Wildman–Crippen MR) is 91.7 cm³/mol. The van der Waals surface area contributed by atoms with Gasteiger partial charge in [0.2, 0.25) is 5.91 Å². The Hall–Kier alpha value is -2.15. The van der Waals surface area contributed by atoms with E-state index in [0.717, 1.165) is 6.42 Å². The molecule has 0 atom stereocenters. The van der Waals surface area contributed by atoms with E-state index < -0.39 is 0 Å². The fourth-order valence-corrected chi connectivity index (χ4v) is 3.54. The van der Waals surface area contributed by atoms with Crippen LogP contribution in [0.2, 0.25) is 0 Å². The maximum atomic E-state index is 12.6. The summed E-state index contributed by atoms with van der Waals surface area (Å²) in [6.07, 6.45) is 3.93. The number of thiazole rings is 1. The number of nitrogens with one attached hydrogen (secondary N) is 1. The summed E-state index contributed by atoms with van der Waals surface area (Å²) in [5, 5.41) is 5.40. The van der Waals surface area contributed by atoms with E-state index in [0.29, 0.717) is 48.9 Å². The SMILES string of the molecule is CCCNC(=O)C1CCN(C(=O)c2csc(-c3ccco3)n2)CC1. The van der Waals surface area contributed by atoms with Crippen LogP contribution in [0.15, 0.2) is 28.2 Å². The number of likely N-dealkylation sites (tertiary alicyclic amines) is 1. The Bertz CT molecular complexity index is 688. The average Bonchev–Trinajstić information content (AvgIpc) is 3.30. The molecule has 2 amide bonds. The van der Waals surface area contributed by atoms with Crippen molar-refractivity contribution in [3.63, 3.8) is 0 Å². The Morgan fingerprint density at radius 2 is 2.21 bits per heavy atom. The van der Waals surface area contributed by atoms with Gasteiger partial charge < -0.3 is 14.6 Å². The first-order chi connectivity index (χ1) is 11.7. The molecule has 0 unspecified atom stereocenters. The number of rotatable bonds is 5. The minimum atomic E-state index is -0.0727. The van der Waals surface area contributed by atoms with Crippen molar-refractivity contribution in [2.24, 2.45) is 5.92 Å². The molecule has 1 aliphatic rings. The first-order valence-corrected chi connectivity index (χ1v) is 9.13. The molecule has 128 valence electrons. The van der Waals surface area contributed by atoms with Gasteiger partial charge in [0, 0.05) is 30.9 Å². The number of piperidine rings is 1. The predicted octanol–water partition coefficient (Wildman–Crippen LogP) is 2.78. The lowest BCUT2D eigenvalue weighted by molar-refractivity contribution is -0.126. The van der Waals surface area contributed by atoms with Gasteiger partial charge in [-0.05, 0) is 31.4 Å². The van der Waals surface area contributed by atoms with Crippen LogP contribution in [-0.4, -0.2) is 41.3 Å². The highest BCUT2D eigenvalue weighted by molar-refractivity contribution is 7.13. The molecule has 1 saturated heterocycles. The minimum absolute atomic E-state index is 0.00899. The molecule has 0 spiro atoms. The first kappa shape index (κ1) is 16.7. The summed E-state index contributed by atoms with van der Waals surface area (Å²) in [4.78, 5) is 30.7. The van der Waals surface area contributed by atoms with Gasteiger partial charge in [-0.25, -0.2) is 4.98 Å². The highest BCUT2D eigenvalue weighted by atomic mass is 32.1. The third kappa shape index (κ3) is 3.67. The molecule has 2 aromatic rings. The van der Waals surface area contributed by atoms with E-state index in [-0.39, 0.29) is 17.7 Å². The van der Waals surface area contributed by atoms with Crippen LogP contribution in [0.5, 0.6) is 0 Å². The lowest BCUT2D eigenvalue weighted by Crippen LogP contribution is -2.43. The quantitative estimate of drug-likeness (QED) is 0.902. The van der Waals surface area contributed by atoms with E-state index >= 15 is 0 Å². The van der Waals surface area contributed by atoms with Crippen LogP contribution in [-0.2, 0) is 4.79 Å². The second-order valence-electron chi connectivity index (χ2n) is 5.87. The van der Waals surface area contributed by atoms with E-state index in [1.807, 2.05) is 13.0 Å². The van der Waals surface area contributed by atoms with Gasteiger partial charge in [-0.2, -0.15) is 0 Å². The van der Waals surface area contributed by atoms with Crippen molar-refractivity contribution in [1.29, 1.82) is 0 Å². The van der Waals surface area contributed by atoms with Gasteiger partial charge in [-0.15, -0.1) is 11.3 Å². The fraction of sp³-hybridized carbons (Fsp3) is 0.471. The average molecular weight is 347 g/mol. The summed E-state index contributed by atoms with van der Waals surface area (Å²) in [5.41, 5.74) is 0.445. The molecule has 0 saturated carbocycles. The van der Waals surface area contributed by atoms with Crippen molar-refractivity contribution < 1.29 is 14.0 Å². The summed E-state index contributed by atoms with van der Waals surface area (Å²) < 4.78 is 5.31. The molecule has 0 radical (unpaired) electrons. The highest BCUT2D eigenvalue weighted by Gasteiger charge is 2.28. The Labute approximate surface area is 144 Å². The summed E-state index contributed by atoms with van der Waals surface area (Å²) in [6.45, 7) is 3.94. The third-order valence-electron chi connectivity index (χ3n) is 4.16. The second-order valence-corrected chi connectivity index (χ2v) is 6.73. The maximum absolute atomic E-state index is 12.6. The van der Waals surface area contributed by atoms with Gasteiger partial charge >= 0.3 is 0 Å². The van der Waals surface area contributed by atoms with Crippen molar-refractivity contribution in [3.8, 4) is 10.8 Å². The number of hydrogen-bond donors (Lipinski definition) is 1. The van der Waals surface area contributed by atoms with Crippen LogP contribution >= 0.6 is 11.3 Å². The molecule has 0 aromatic carbocycles. The van der Waals surface area contributed by atoms with E-state index in [2.05, 4.69) is 10.3 Å². The van der Waals surface area contributed by atoms with Gasteiger partial charge in [-0.1, -0.05) is 6.92 Å². The Morgan fingerprint density at radius 1 is 1.42 bits per heavy atom. The molecule has 0 aliphatic carbocycles. The molecule has 2 aromatic heterocycles. The summed E-state index contributed by atoms with van der Waals surface area (Å²) in [7, 11) is 0. The van der Waals surface area contributed by atoms with Crippen LogP contribution in [0.3, 0.4) is 0 Å². The monoisotopic (exact) mass is 347 g/mol. The highest BCUT2D eigenvalue weighted by Crippen LogP contribution is 2.25. The van der Waals surface area contributed by atoms with Crippen molar-refractivity contribution in [3.05, 3.63) is 29.5 Å². The van der Waals surface area contributed by atoms with Gasteiger partial charge in [-0.3, -0.25) is 9.59 Å². The van der Waals surface area contributed by atoms with Gasteiger partial charge in [0.15, 0.2) is 10.8 Å². The molecule has 1 N–H and O–H groups in total. The molecule has 1 aliphatic heterocycles. The van der Waals surface area contributed by atoms with E-state index in [1.165, 1.54) is 11.3 Å². The number of nitrogens with zero attached hydrogens (tertiary/aromatic N) is 2. The van der Waals surface area contributed by atoms with Gasteiger partial charge in [0.1, 0.15) is 5.69 Å². The van der Waals surface area contributed by atoms with Crippen LogP contribution in [0.1, 0.15) is 36.7 Å². The molecule has 0 bridgehead atoms. The number of carbonyl (C=O) groups is 2. The third-order valence-corrected chi connectivity index (χ3v) is 5.01. The van der Waals surface area contributed by atoms with Gasteiger partial charge in [0.05, 0.1) is 6.26 Å². The van der Waals surface area contributed by atoms with E-state index in [1.54, 1.807) is 22.6 Å². The molecule has 6 nitrogen and oxygen atoms in total. The molecular weight excluding hydrogens is 326 g/mol. The number of furan rings is 1. The molecule has 3 rings (SSSR count). The van der Waals surface area contributed by atoms with Crippen molar-refractivity contribution >= 4 is 23.2 Å². The number of aromatic nitrogens is 1. The van der Waals surface area contributed by atoms with Crippen LogP contribution < -0.4 is 5.32 Å². The zero-order valence-electron chi connectivity index (χ0n) is 13.7. The van der Waals surface area contributed by atoms with E-state index in [4.69, 9.17) is 4.42 Å². The second kappa shape index (κ2) is 7.61. The molecule has 7 heteroatoms. The van der Waals surface area contributed by atoms with Crippen LogP contribution in [0, 0.1) is 5.92 Å². The Balaban J connectivity index is 1.56. The van der Waals surface area contributed by atoms with E-state index in [9.17, 15) is 9.59 Å². The number of carbonyl (C=O) groups excluding carboxylic acids is 2. The summed E-state index contributed by atoms with van der Waals surface area (Å²) in [5.74, 6) is 0.717. The van der Waals surface area contributed by atoms with Crippen LogP contribution in [0.25, 0.3) is 10.8 Å². The Morgan fingerprint density at radius 3 is 2.88 bits per heavy atom. The fourth-order valence-electron chi connectivity index (χ4n) is 2.78. The Kier molecular flexibility index (Phi) is 5.30. The standard InChI is InChI=1S/C17H21N3O3S/c1-2-7-18-15(21)12-5-8-20(9-6-12)17(22)13-11-24-16(19-13)14-4-3-10-23-14/h3-4,10-12H,2,5-9H2,1H3,(H,18,21). The smallest absolute Gasteiger partial charge is 0.273 e. The van der Waals surface area contributed by atoms with Crippen molar-refractivity contribution in [2.45, 2.75) is 26.2 Å². The largest absolute Gasteiger partial charge is 0.462 e. The summed E-state index contributed by atoms with van der Waals surface area (Å²) in [6, 6.07) is 3.63. The topological polar surface area (TPSA) is 75.4 Å². The van der Waals surface area contributed by atoms with Crippen LogP contribution in [0.4, 0.5) is 0 Å². The molecule has 1 fully saturated rings. The van der Waals surface area contributed by atoms with Gasteiger partial charge in [0.25, 0.3) is 5.91 Å². The maximum Gasteiger partial charge on any atom is 0.273 e. The normalized spacial score (nSPS) is 15.5. The van der Waals surface area contributed by atoms with Crippen molar-refractivity contribution in [2.75, 3.05) is 19.6 Å². The zero-order valence-corrected chi connectivity index (χ0v) is 14.5. The molecular formula is C17H21N3O3S. The minimum Gasteiger partial charge on any atom is -0.462 e. The lowest BCUT2D eigenvalue weighted by Gasteiger charge is -2.30. The molecule has 24 heavy (non-hydrogen) atoms. The number of hydrogen-bond acceptors (Lipinski definition) is 5. The first-order valence-electron chi connectivity index (χ1n) is 8.25. The zero-order chi connectivity index (χ0) is 16.9. The van der Waals surface area contributed by atoms with Crippen molar-refractivity contribution in [1.82, 2.24) is 15.2 Å². The summed E-state index contributed by atoms with van der Waals surface area (Å²) >= 11 is 1.40. The lowest BCUT2D eigenvalue weighted by atomic mass is 9.95. The molecule has 3 heterocycles.